The first kappa shape index (κ1) is 24.8. The van der Waals surface area contributed by atoms with E-state index in [1.165, 1.54) is 25.4 Å². The second-order valence-electron chi connectivity index (χ2n) is 7.90. The van der Waals surface area contributed by atoms with Crippen LogP contribution in [-0.2, 0) is 16.4 Å². The molecule has 36 heavy (non-hydrogen) atoms. The van der Waals surface area contributed by atoms with Gasteiger partial charge in [0.2, 0.25) is 9.84 Å². The molecule has 2 heterocycles. The largest absolute Gasteiger partial charge is 0.497 e. The van der Waals surface area contributed by atoms with E-state index in [1.807, 2.05) is 19.1 Å². The SMILES string of the molecule is COc1ccc(S(=O)(=O)c2ncccc2CNc2c(C)cc(-c3cccnc3)cc2C(=O)NO)cc1. The van der Waals surface area contributed by atoms with Gasteiger partial charge in [-0.1, -0.05) is 12.1 Å². The first-order valence-corrected chi connectivity index (χ1v) is 12.4. The van der Waals surface area contributed by atoms with Crippen molar-refractivity contribution in [3.8, 4) is 16.9 Å². The molecule has 0 aliphatic rings. The number of methoxy groups -OCH3 is 1. The Morgan fingerprint density at radius 3 is 2.44 bits per heavy atom. The lowest BCUT2D eigenvalue weighted by Crippen LogP contribution is -2.21. The Kier molecular flexibility index (Phi) is 7.28. The third kappa shape index (κ3) is 5.04. The van der Waals surface area contributed by atoms with E-state index in [0.29, 0.717) is 17.0 Å². The minimum atomic E-state index is -3.92. The van der Waals surface area contributed by atoms with Gasteiger partial charge in [-0.15, -0.1) is 0 Å². The number of hydroxylamine groups is 1. The third-order valence-electron chi connectivity index (χ3n) is 5.61. The fraction of sp³-hybridized carbons (Fsp3) is 0.115. The molecule has 2 aromatic heterocycles. The molecule has 0 saturated heterocycles. The number of benzene rings is 2. The minimum absolute atomic E-state index is 0.0668. The lowest BCUT2D eigenvalue weighted by Gasteiger charge is -2.17. The molecule has 2 aromatic carbocycles. The second kappa shape index (κ2) is 10.5. The van der Waals surface area contributed by atoms with Crippen LogP contribution in [0.5, 0.6) is 5.75 Å². The molecule has 0 bridgehead atoms. The van der Waals surface area contributed by atoms with E-state index in [0.717, 1.165) is 16.7 Å². The Morgan fingerprint density at radius 1 is 1.03 bits per heavy atom. The lowest BCUT2D eigenvalue weighted by atomic mass is 9.98. The number of ether oxygens (including phenoxy) is 1. The summed E-state index contributed by atoms with van der Waals surface area (Å²) in [6, 6.07) is 16.5. The summed E-state index contributed by atoms with van der Waals surface area (Å²) in [5, 5.41) is 12.4. The molecule has 0 unspecified atom stereocenters. The number of nitrogens with one attached hydrogen (secondary N) is 2. The molecule has 3 N–H and O–H groups in total. The van der Waals surface area contributed by atoms with Crippen LogP contribution in [0.4, 0.5) is 5.69 Å². The first-order chi connectivity index (χ1) is 17.3. The van der Waals surface area contributed by atoms with Crippen LogP contribution in [0.15, 0.2) is 89.2 Å². The van der Waals surface area contributed by atoms with Gasteiger partial charge in [0.05, 0.1) is 23.3 Å². The number of sulfone groups is 1. The van der Waals surface area contributed by atoms with E-state index in [4.69, 9.17) is 4.74 Å². The highest BCUT2D eigenvalue weighted by molar-refractivity contribution is 7.91. The number of aryl methyl sites for hydroxylation is 1. The summed E-state index contributed by atoms with van der Waals surface area (Å²) in [7, 11) is -2.41. The molecule has 1 amide bonds. The van der Waals surface area contributed by atoms with Crippen LogP contribution < -0.4 is 15.5 Å². The van der Waals surface area contributed by atoms with Crippen molar-refractivity contribution in [2.24, 2.45) is 0 Å². The van der Waals surface area contributed by atoms with Gasteiger partial charge in [0.1, 0.15) is 5.75 Å². The van der Waals surface area contributed by atoms with Gasteiger partial charge in [-0.3, -0.25) is 15.0 Å². The highest BCUT2D eigenvalue weighted by atomic mass is 32.2. The average molecular weight is 505 g/mol. The van der Waals surface area contributed by atoms with Crippen LogP contribution in [0.2, 0.25) is 0 Å². The van der Waals surface area contributed by atoms with Crippen molar-refractivity contribution >= 4 is 21.4 Å². The number of hydrogen-bond donors (Lipinski definition) is 3. The molecule has 0 aliphatic heterocycles. The van der Waals surface area contributed by atoms with E-state index in [1.54, 1.807) is 54.3 Å². The lowest BCUT2D eigenvalue weighted by molar-refractivity contribution is 0.0707. The zero-order chi connectivity index (χ0) is 25.7. The number of carbonyl (C=O) groups excluding carboxylic acids is 1. The molecule has 4 aromatic rings. The number of nitrogens with zero attached hydrogens (tertiary/aromatic N) is 2. The van der Waals surface area contributed by atoms with Gasteiger partial charge in [0, 0.05) is 36.3 Å². The monoisotopic (exact) mass is 504 g/mol. The number of hydrogen-bond acceptors (Lipinski definition) is 8. The fourth-order valence-electron chi connectivity index (χ4n) is 3.81. The van der Waals surface area contributed by atoms with Crippen molar-refractivity contribution in [2.75, 3.05) is 12.4 Å². The highest BCUT2D eigenvalue weighted by Gasteiger charge is 2.23. The Bertz CT molecular complexity index is 1490. The third-order valence-corrected chi connectivity index (χ3v) is 7.38. The van der Waals surface area contributed by atoms with Crippen molar-refractivity contribution in [2.45, 2.75) is 23.4 Å². The normalized spacial score (nSPS) is 11.1. The summed E-state index contributed by atoms with van der Waals surface area (Å²) in [5.74, 6) is -0.166. The van der Waals surface area contributed by atoms with E-state index >= 15 is 0 Å². The molecule has 0 atom stereocenters. The Morgan fingerprint density at radius 2 is 1.78 bits per heavy atom. The maximum atomic E-state index is 13.3. The van der Waals surface area contributed by atoms with Gasteiger partial charge in [-0.2, -0.15) is 0 Å². The number of pyridine rings is 2. The molecule has 0 fully saturated rings. The summed E-state index contributed by atoms with van der Waals surface area (Å²) < 4.78 is 31.8. The maximum absolute atomic E-state index is 13.3. The van der Waals surface area contributed by atoms with E-state index in [2.05, 4.69) is 15.3 Å². The van der Waals surface area contributed by atoms with Crippen molar-refractivity contribution in [3.63, 3.8) is 0 Å². The molecule has 9 nitrogen and oxygen atoms in total. The molecule has 184 valence electrons. The van der Waals surface area contributed by atoms with E-state index in [-0.39, 0.29) is 22.0 Å². The summed E-state index contributed by atoms with van der Waals surface area (Å²) >= 11 is 0. The zero-order valence-electron chi connectivity index (χ0n) is 19.6. The fourth-order valence-corrected chi connectivity index (χ4v) is 5.21. The zero-order valence-corrected chi connectivity index (χ0v) is 20.4. The molecule has 10 heteroatoms. The predicted octanol–water partition coefficient (Wildman–Crippen LogP) is 4.02. The average Bonchev–Trinajstić information content (AvgIpc) is 2.92. The number of rotatable bonds is 8. The second-order valence-corrected chi connectivity index (χ2v) is 9.76. The van der Waals surface area contributed by atoms with Gasteiger partial charge in [-0.05, 0) is 66.6 Å². The summed E-state index contributed by atoms with van der Waals surface area (Å²) in [4.78, 5) is 20.9. The molecular formula is C26H24N4O5S. The van der Waals surface area contributed by atoms with Crippen LogP contribution in [0, 0.1) is 6.92 Å². The van der Waals surface area contributed by atoms with Crippen molar-refractivity contribution < 1.29 is 23.2 Å². The number of carbonyl (C=O) groups is 1. The Labute approximate surface area is 208 Å². The van der Waals surface area contributed by atoms with Gasteiger partial charge in [0.25, 0.3) is 5.91 Å². The van der Waals surface area contributed by atoms with Crippen LogP contribution in [0.3, 0.4) is 0 Å². The molecule has 0 saturated carbocycles. The molecule has 0 aliphatic carbocycles. The minimum Gasteiger partial charge on any atom is -0.497 e. The van der Waals surface area contributed by atoms with Crippen molar-refractivity contribution in [1.82, 2.24) is 15.4 Å². The van der Waals surface area contributed by atoms with Gasteiger partial charge >= 0.3 is 0 Å². The summed E-state index contributed by atoms with van der Waals surface area (Å²) in [5.41, 5.74) is 5.01. The van der Waals surface area contributed by atoms with Crippen molar-refractivity contribution in [1.29, 1.82) is 0 Å². The van der Waals surface area contributed by atoms with E-state index in [9.17, 15) is 18.4 Å². The molecule has 0 spiro atoms. The maximum Gasteiger partial charge on any atom is 0.276 e. The Hall–Kier alpha value is -4.28. The summed E-state index contributed by atoms with van der Waals surface area (Å²) in [6.07, 6.45) is 4.74. The quantitative estimate of drug-likeness (QED) is 0.242. The topological polar surface area (TPSA) is 131 Å². The van der Waals surface area contributed by atoms with Crippen LogP contribution >= 0.6 is 0 Å². The highest BCUT2D eigenvalue weighted by Crippen LogP contribution is 2.30. The van der Waals surface area contributed by atoms with Crippen molar-refractivity contribution in [3.05, 3.63) is 95.9 Å². The van der Waals surface area contributed by atoms with Gasteiger partial charge in [-0.25, -0.2) is 18.9 Å². The number of anilines is 1. The van der Waals surface area contributed by atoms with Gasteiger partial charge in [0.15, 0.2) is 5.03 Å². The Balaban J connectivity index is 1.69. The smallest absolute Gasteiger partial charge is 0.276 e. The number of aromatic nitrogens is 2. The standard InChI is InChI=1S/C26H24N4O5S/c1-17-13-20(18-5-3-11-27-15-18)14-23(25(31)30-32)24(17)29-16-19-6-4-12-28-26(19)36(33,34)22-9-7-21(35-2)8-10-22/h3-15,29,32H,16H2,1-2H3,(H,30,31). The predicted molar refractivity (Wildman–Crippen MR) is 134 cm³/mol. The van der Waals surface area contributed by atoms with Crippen LogP contribution in [0.25, 0.3) is 11.1 Å². The van der Waals surface area contributed by atoms with E-state index < -0.39 is 15.7 Å². The molecule has 4 rings (SSSR count). The first-order valence-electron chi connectivity index (χ1n) is 10.9. The van der Waals surface area contributed by atoms with Gasteiger partial charge < -0.3 is 10.1 Å². The van der Waals surface area contributed by atoms with Crippen LogP contribution in [-0.4, -0.2) is 36.6 Å². The van der Waals surface area contributed by atoms with Crippen LogP contribution in [0.1, 0.15) is 21.5 Å². The molecule has 0 radical (unpaired) electrons. The summed E-state index contributed by atoms with van der Waals surface area (Å²) in [6.45, 7) is 1.88. The number of amides is 1. The molecular weight excluding hydrogens is 480 g/mol.